The maximum absolute atomic E-state index is 13.3. The number of piperidine rings is 1. The number of imidazole rings is 1. The van der Waals surface area contributed by atoms with Gasteiger partial charge >= 0.3 is 6.61 Å². The second kappa shape index (κ2) is 10.5. The molecule has 7 nitrogen and oxygen atoms in total. The molecule has 0 bridgehead atoms. The topological polar surface area (TPSA) is 59.8 Å². The second-order valence-corrected chi connectivity index (χ2v) is 9.50. The van der Waals surface area contributed by atoms with Crippen molar-refractivity contribution in [2.45, 2.75) is 44.9 Å². The molecule has 3 heterocycles. The molecule has 2 aliphatic heterocycles. The summed E-state index contributed by atoms with van der Waals surface area (Å²) in [6.45, 7) is 1.32. The first-order chi connectivity index (χ1) is 17.9. The fraction of sp³-hybridized carbons (Fsp3) is 0.429. The van der Waals surface area contributed by atoms with Gasteiger partial charge in [0.15, 0.2) is 5.75 Å². The quantitative estimate of drug-likeness (QED) is 0.471. The van der Waals surface area contributed by atoms with E-state index in [4.69, 9.17) is 14.5 Å². The van der Waals surface area contributed by atoms with Crippen LogP contribution in [0.3, 0.4) is 0 Å². The zero-order valence-corrected chi connectivity index (χ0v) is 21.2. The highest BCUT2D eigenvalue weighted by Crippen LogP contribution is 2.40. The molecule has 37 heavy (non-hydrogen) atoms. The highest BCUT2D eigenvalue weighted by atomic mass is 19.3. The number of alkyl halides is 2. The van der Waals surface area contributed by atoms with Gasteiger partial charge in [-0.3, -0.25) is 9.36 Å². The zero-order chi connectivity index (χ0) is 26.1. The third-order valence-corrected chi connectivity index (χ3v) is 7.11. The monoisotopic (exact) mass is 508 g/mol. The summed E-state index contributed by atoms with van der Waals surface area (Å²) >= 11 is 0. The molecule has 1 saturated heterocycles. The maximum atomic E-state index is 13.3. The Morgan fingerprint density at radius 2 is 1.95 bits per heavy atom. The normalized spacial score (nSPS) is 18.4. The largest absolute Gasteiger partial charge is 0.433 e. The molecule has 0 saturated carbocycles. The van der Waals surface area contributed by atoms with Crippen LogP contribution in [-0.2, 0) is 4.74 Å². The van der Waals surface area contributed by atoms with E-state index in [1.54, 1.807) is 28.6 Å². The predicted octanol–water partition coefficient (Wildman–Crippen LogP) is 4.63. The molecule has 194 valence electrons. The van der Waals surface area contributed by atoms with Gasteiger partial charge in [0.25, 0.3) is 5.91 Å². The van der Waals surface area contributed by atoms with Gasteiger partial charge in [-0.1, -0.05) is 24.8 Å². The number of carbonyl (C=O) groups excluding carboxylic acids is 1. The molecule has 0 spiro atoms. The number of hydrogen-bond donors (Lipinski definition) is 0. The minimum Gasteiger partial charge on any atom is -0.433 e. The lowest BCUT2D eigenvalue weighted by Crippen LogP contribution is -2.34. The molecule has 0 N–H and O–H groups in total. The standard InChI is InChI=1S/C28H30F2N4O3/c1-4-22-26-31-21-11-10-18(7-6-16-36-19-12-14-32(2)15-13-19)17-23(21)34(26)25-20(27(35)33(22)3)8-5-9-24(25)37-28(29)30/h5,8-11,17,19,22,28H,4,12-16H2,1-3H3. The van der Waals surface area contributed by atoms with Crippen molar-refractivity contribution in [1.82, 2.24) is 19.4 Å². The number of benzene rings is 2. The molecule has 2 aliphatic rings. The molecule has 5 rings (SSSR count). The van der Waals surface area contributed by atoms with Gasteiger partial charge in [0.05, 0.1) is 28.7 Å². The van der Waals surface area contributed by atoms with Gasteiger partial charge in [-0.15, -0.1) is 0 Å². The predicted molar refractivity (Wildman–Crippen MR) is 136 cm³/mol. The summed E-state index contributed by atoms with van der Waals surface area (Å²) < 4.78 is 39.3. The van der Waals surface area contributed by atoms with Crippen molar-refractivity contribution >= 4 is 16.9 Å². The number of rotatable bonds is 5. The molecule has 1 aromatic heterocycles. The molecule has 0 aliphatic carbocycles. The van der Waals surface area contributed by atoms with Crippen LogP contribution >= 0.6 is 0 Å². The van der Waals surface area contributed by atoms with Crippen LogP contribution in [0.25, 0.3) is 16.7 Å². The van der Waals surface area contributed by atoms with Crippen molar-refractivity contribution in [3.63, 3.8) is 0 Å². The Bertz CT molecular complexity index is 1370. The van der Waals surface area contributed by atoms with E-state index < -0.39 is 6.61 Å². The lowest BCUT2D eigenvalue weighted by Gasteiger charge is -2.28. The van der Waals surface area contributed by atoms with Crippen molar-refractivity contribution in [3.05, 3.63) is 53.3 Å². The van der Waals surface area contributed by atoms with Gasteiger partial charge < -0.3 is 19.3 Å². The van der Waals surface area contributed by atoms with Crippen LogP contribution in [0.15, 0.2) is 36.4 Å². The SMILES string of the molecule is CCC1c2nc3ccc(C#CCOC4CCN(C)CC4)cc3n2-c2c(OC(F)F)cccc2C(=O)N1C. The first-order valence-corrected chi connectivity index (χ1v) is 12.5. The summed E-state index contributed by atoms with van der Waals surface area (Å²) in [4.78, 5) is 22.1. The lowest BCUT2D eigenvalue weighted by atomic mass is 10.1. The third-order valence-electron chi connectivity index (χ3n) is 7.11. The molecular weight excluding hydrogens is 478 g/mol. The van der Waals surface area contributed by atoms with E-state index in [0.717, 1.165) is 31.5 Å². The van der Waals surface area contributed by atoms with Crippen LogP contribution in [0.1, 0.15) is 54.0 Å². The Kier molecular flexibility index (Phi) is 7.13. The van der Waals surface area contributed by atoms with Gasteiger partial charge in [-0.05, 0) is 56.6 Å². The van der Waals surface area contributed by atoms with Crippen LogP contribution in [0, 0.1) is 11.8 Å². The molecule has 1 unspecified atom stereocenters. The summed E-state index contributed by atoms with van der Waals surface area (Å²) in [7, 11) is 3.82. The number of ether oxygens (including phenoxy) is 2. The van der Waals surface area contributed by atoms with Gasteiger partial charge in [0.1, 0.15) is 18.1 Å². The molecule has 1 amide bonds. The van der Waals surface area contributed by atoms with Gasteiger partial charge in [0.2, 0.25) is 0 Å². The van der Waals surface area contributed by atoms with Crippen LogP contribution in [0.5, 0.6) is 5.75 Å². The number of carbonyl (C=O) groups is 1. The maximum Gasteiger partial charge on any atom is 0.387 e. The summed E-state index contributed by atoms with van der Waals surface area (Å²) in [6, 6.07) is 9.91. The van der Waals surface area contributed by atoms with Gasteiger partial charge in [-0.25, -0.2) is 4.98 Å². The molecule has 9 heteroatoms. The number of likely N-dealkylation sites (tertiary alicyclic amines) is 1. The van der Waals surface area contributed by atoms with Crippen LogP contribution in [-0.4, -0.2) is 71.8 Å². The summed E-state index contributed by atoms with van der Waals surface area (Å²) in [5, 5.41) is 0. The highest BCUT2D eigenvalue weighted by molar-refractivity contribution is 6.00. The second-order valence-electron chi connectivity index (χ2n) is 9.50. The molecule has 3 aromatic rings. The first kappa shape index (κ1) is 25.2. The van der Waals surface area contributed by atoms with E-state index in [1.807, 2.05) is 25.1 Å². The van der Waals surface area contributed by atoms with E-state index in [0.29, 0.717) is 29.9 Å². The van der Waals surface area contributed by atoms with Gasteiger partial charge in [-0.2, -0.15) is 8.78 Å². The Hall–Kier alpha value is -3.48. The number of fused-ring (bicyclic) bond motifs is 5. The van der Waals surface area contributed by atoms with Crippen molar-refractivity contribution in [2.24, 2.45) is 0 Å². The first-order valence-electron chi connectivity index (χ1n) is 12.5. The van der Waals surface area contributed by atoms with Crippen molar-refractivity contribution in [1.29, 1.82) is 0 Å². The van der Waals surface area contributed by atoms with E-state index >= 15 is 0 Å². The van der Waals surface area contributed by atoms with Crippen molar-refractivity contribution in [2.75, 3.05) is 33.8 Å². The summed E-state index contributed by atoms with van der Waals surface area (Å²) in [5.41, 5.74) is 2.64. The average Bonchev–Trinajstić information content (AvgIpc) is 3.21. The average molecular weight is 509 g/mol. The van der Waals surface area contributed by atoms with E-state index in [-0.39, 0.29) is 35.1 Å². The molecule has 1 atom stereocenters. The van der Waals surface area contributed by atoms with E-state index in [2.05, 4.69) is 23.8 Å². The third kappa shape index (κ3) is 4.91. The zero-order valence-electron chi connectivity index (χ0n) is 21.2. The van der Waals surface area contributed by atoms with Crippen molar-refractivity contribution in [3.8, 4) is 23.3 Å². The number of para-hydroxylation sites is 1. The fourth-order valence-electron chi connectivity index (χ4n) is 5.16. The highest BCUT2D eigenvalue weighted by Gasteiger charge is 2.35. The number of hydrogen-bond acceptors (Lipinski definition) is 5. The van der Waals surface area contributed by atoms with Crippen LogP contribution in [0.4, 0.5) is 8.78 Å². The van der Waals surface area contributed by atoms with Crippen LogP contribution in [0.2, 0.25) is 0 Å². The summed E-state index contributed by atoms with van der Waals surface area (Å²) in [6.07, 6.45) is 2.83. The summed E-state index contributed by atoms with van der Waals surface area (Å²) in [5.74, 6) is 6.49. The lowest BCUT2D eigenvalue weighted by molar-refractivity contribution is -0.0498. The smallest absolute Gasteiger partial charge is 0.387 e. The molecule has 0 radical (unpaired) electrons. The number of aromatic nitrogens is 2. The molecule has 2 aromatic carbocycles. The van der Waals surface area contributed by atoms with Crippen LogP contribution < -0.4 is 4.74 Å². The van der Waals surface area contributed by atoms with Gasteiger partial charge in [0, 0.05) is 25.7 Å². The van der Waals surface area contributed by atoms with Crippen molar-refractivity contribution < 1.29 is 23.0 Å². The molecular formula is C28H30F2N4O3. The Labute approximate surface area is 215 Å². The Morgan fingerprint density at radius 3 is 2.68 bits per heavy atom. The van der Waals surface area contributed by atoms with E-state index in [1.165, 1.54) is 6.07 Å². The minimum absolute atomic E-state index is 0.0745. The number of halogens is 2. The Morgan fingerprint density at radius 1 is 1.16 bits per heavy atom. The number of nitrogens with zero attached hydrogens (tertiary/aromatic N) is 4. The van der Waals surface area contributed by atoms with E-state index in [9.17, 15) is 13.6 Å². The minimum atomic E-state index is -3.03. The molecule has 1 fully saturated rings. The number of amides is 1. The Balaban J connectivity index is 1.55. The fourth-order valence-corrected chi connectivity index (χ4v) is 5.16.